The molecule has 0 spiro atoms. The van der Waals surface area contributed by atoms with Gasteiger partial charge in [-0.3, -0.25) is 9.59 Å². The number of hydrogen-bond acceptors (Lipinski definition) is 7. The lowest BCUT2D eigenvalue weighted by Crippen LogP contribution is -2.38. The van der Waals surface area contributed by atoms with Crippen molar-refractivity contribution >= 4 is 12.4 Å². The molecule has 0 aliphatic rings. The van der Waals surface area contributed by atoms with Gasteiger partial charge in [-0.2, -0.15) is 4.98 Å². The SMILES string of the molecule is Cc1ccc(-c2nc(-c3ccc(CC(NC(=O)c4ccc(-c5ccc(C)c(F)c5)o4)OC=O)cc3F)no2)cc1. The van der Waals surface area contributed by atoms with Crippen LogP contribution in [0.15, 0.2) is 81.7 Å². The maximum absolute atomic E-state index is 15.0. The summed E-state index contributed by atoms with van der Waals surface area (Å²) in [6.45, 7) is 3.78. The maximum atomic E-state index is 15.0. The molecule has 5 rings (SSSR count). The van der Waals surface area contributed by atoms with Crippen molar-refractivity contribution < 1.29 is 32.0 Å². The van der Waals surface area contributed by atoms with Gasteiger partial charge < -0.3 is 19.0 Å². The summed E-state index contributed by atoms with van der Waals surface area (Å²) in [6.07, 6.45) is -1.14. The number of ether oxygens (including phenoxy) is 1. The van der Waals surface area contributed by atoms with E-state index in [4.69, 9.17) is 13.7 Å². The molecular formula is C30H23F2N3O5. The predicted molar refractivity (Wildman–Crippen MR) is 141 cm³/mol. The Morgan fingerprint density at radius 1 is 0.975 bits per heavy atom. The Labute approximate surface area is 227 Å². The Balaban J connectivity index is 1.27. The van der Waals surface area contributed by atoms with Gasteiger partial charge in [0.05, 0.1) is 5.56 Å². The van der Waals surface area contributed by atoms with E-state index in [0.717, 1.165) is 5.56 Å². The summed E-state index contributed by atoms with van der Waals surface area (Å²) < 4.78 is 44.8. The van der Waals surface area contributed by atoms with E-state index >= 15 is 4.39 Å². The van der Waals surface area contributed by atoms with Crippen molar-refractivity contribution in [3.63, 3.8) is 0 Å². The van der Waals surface area contributed by atoms with Crippen LogP contribution in [0.3, 0.4) is 0 Å². The molecule has 202 valence electrons. The zero-order chi connectivity index (χ0) is 28.2. The number of nitrogens with one attached hydrogen (secondary N) is 1. The van der Waals surface area contributed by atoms with Crippen LogP contribution >= 0.6 is 0 Å². The molecule has 2 aromatic heterocycles. The lowest BCUT2D eigenvalue weighted by molar-refractivity contribution is -0.134. The lowest BCUT2D eigenvalue weighted by Gasteiger charge is -2.16. The number of rotatable bonds is 9. The van der Waals surface area contributed by atoms with Crippen LogP contribution in [0.1, 0.15) is 27.2 Å². The second-order valence-corrected chi connectivity index (χ2v) is 9.13. The van der Waals surface area contributed by atoms with Crippen molar-refractivity contribution in [3.8, 4) is 34.2 Å². The normalized spacial score (nSPS) is 11.7. The molecule has 0 saturated carbocycles. The van der Waals surface area contributed by atoms with E-state index in [2.05, 4.69) is 15.5 Å². The zero-order valence-corrected chi connectivity index (χ0v) is 21.5. The Morgan fingerprint density at radius 2 is 1.75 bits per heavy atom. The van der Waals surface area contributed by atoms with Crippen molar-refractivity contribution in [1.82, 2.24) is 15.5 Å². The third-order valence-electron chi connectivity index (χ3n) is 6.22. The minimum absolute atomic E-state index is 0.0285. The quantitative estimate of drug-likeness (QED) is 0.179. The molecule has 0 aliphatic carbocycles. The first-order valence-electron chi connectivity index (χ1n) is 12.3. The fourth-order valence-electron chi connectivity index (χ4n) is 4.01. The van der Waals surface area contributed by atoms with Gasteiger partial charge in [0.25, 0.3) is 18.3 Å². The van der Waals surface area contributed by atoms with Gasteiger partial charge in [0, 0.05) is 17.5 Å². The molecule has 1 unspecified atom stereocenters. The lowest BCUT2D eigenvalue weighted by atomic mass is 10.1. The maximum Gasteiger partial charge on any atom is 0.295 e. The van der Waals surface area contributed by atoms with Crippen molar-refractivity contribution in [2.75, 3.05) is 0 Å². The number of nitrogens with zero attached hydrogens (tertiary/aromatic N) is 2. The topological polar surface area (TPSA) is 107 Å². The van der Waals surface area contributed by atoms with Gasteiger partial charge in [-0.05, 0) is 67.4 Å². The van der Waals surface area contributed by atoms with Crippen LogP contribution in [0.5, 0.6) is 0 Å². The summed E-state index contributed by atoms with van der Waals surface area (Å²) in [5, 5.41) is 6.42. The second kappa shape index (κ2) is 11.3. The van der Waals surface area contributed by atoms with E-state index in [-0.39, 0.29) is 35.9 Å². The van der Waals surface area contributed by atoms with Crippen LogP contribution < -0.4 is 5.32 Å². The molecule has 5 aromatic rings. The van der Waals surface area contributed by atoms with Gasteiger partial charge in [-0.25, -0.2) is 8.78 Å². The molecule has 1 amide bonds. The van der Waals surface area contributed by atoms with Crippen LogP contribution in [-0.4, -0.2) is 28.7 Å². The monoisotopic (exact) mass is 543 g/mol. The average molecular weight is 544 g/mol. The largest absolute Gasteiger partial charge is 0.451 e. The van der Waals surface area contributed by atoms with Gasteiger partial charge in [0.2, 0.25) is 5.82 Å². The third kappa shape index (κ3) is 5.80. The third-order valence-corrected chi connectivity index (χ3v) is 6.22. The molecule has 0 radical (unpaired) electrons. The van der Waals surface area contributed by atoms with Crippen LogP contribution in [0, 0.1) is 25.5 Å². The molecular weight excluding hydrogens is 520 g/mol. The van der Waals surface area contributed by atoms with Crippen LogP contribution in [0.4, 0.5) is 8.78 Å². The summed E-state index contributed by atoms with van der Waals surface area (Å²) >= 11 is 0. The van der Waals surface area contributed by atoms with Crippen molar-refractivity contribution in [2.45, 2.75) is 26.5 Å². The number of benzene rings is 3. The number of carbonyl (C=O) groups excluding carboxylic acids is 2. The fourth-order valence-corrected chi connectivity index (χ4v) is 4.01. The van der Waals surface area contributed by atoms with Crippen molar-refractivity contribution in [3.05, 3.63) is 107 Å². The molecule has 0 bridgehead atoms. The van der Waals surface area contributed by atoms with E-state index in [0.29, 0.717) is 28.0 Å². The summed E-state index contributed by atoms with van der Waals surface area (Å²) in [7, 11) is 0. The number of hydrogen-bond donors (Lipinski definition) is 1. The number of aromatic nitrogens is 2. The van der Waals surface area contributed by atoms with Gasteiger partial charge in [-0.15, -0.1) is 0 Å². The first-order chi connectivity index (χ1) is 19.3. The smallest absolute Gasteiger partial charge is 0.295 e. The number of aryl methyl sites for hydroxylation is 2. The van der Waals surface area contributed by atoms with Crippen LogP contribution in [0.25, 0.3) is 34.2 Å². The number of furan rings is 1. The second-order valence-electron chi connectivity index (χ2n) is 9.13. The van der Waals surface area contributed by atoms with E-state index < -0.39 is 23.8 Å². The molecule has 1 N–H and O–H groups in total. The zero-order valence-electron chi connectivity index (χ0n) is 21.5. The Morgan fingerprint density at radius 3 is 2.48 bits per heavy atom. The minimum Gasteiger partial charge on any atom is -0.451 e. The van der Waals surface area contributed by atoms with E-state index in [1.807, 2.05) is 31.2 Å². The van der Waals surface area contributed by atoms with Gasteiger partial charge in [-0.1, -0.05) is 41.1 Å². The Kier molecular flexibility index (Phi) is 7.50. The Bertz CT molecular complexity index is 1680. The van der Waals surface area contributed by atoms with E-state index in [1.165, 1.54) is 30.3 Å². The van der Waals surface area contributed by atoms with Gasteiger partial charge in [0.1, 0.15) is 17.4 Å². The van der Waals surface area contributed by atoms with Crippen molar-refractivity contribution in [1.29, 1.82) is 0 Å². The van der Waals surface area contributed by atoms with Gasteiger partial charge >= 0.3 is 0 Å². The fraction of sp³-hybridized carbons (Fsp3) is 0.133. The molecule has 2 heterocycles. The molecule has 3 aromatic carbocycles. The molecule has 1 atom stereocenters. The van der Waals surface area contributed by atoms with Gasteiger partial charge in [0.15, 0.2) is 12.0 Å². The van der Waals surface area contributed by atoms with Crippen LogP contribution in [-0.2, 0) is 16.0 Å². The van der Waals surface area contributed by atoms with E-state index in [1.54, 1.807) is 25.1 Å². The highest BCUT2D eigenvalue weighted by molar-refractivity contribution is 5.92. The summed E-state index contributed by atoms with van der Waals surface area (Å²) in [5.41, 5.74) is 3.29. The first kappa shape index (κ1) is 26.5. The minimum atomic E-state index is -1.11. The highest BCUT2D eigenvalue weighted by Gasteiger charge is 2.20. The molecule has 40 heavy (non-hydrogen) atoms. The molecule has 0 fully saturated rings. The molecule has 10 heteroatoms. The summed E-state index contributed by atoms with van der Waals surface area (Å²) in [6, 6.07) is 19.3. The highest BCUT2D eigenvalue weighted by atomic mass is 19.1. The average Bonchev–Trinajstić information content (AvgIpc) is 3.62. The van der Waals surface area contributed by atoms with E-state index in [9.17, 15) is 14.0 Å². The first-order valence-corrected chi connectivity index (χ1v) is 12.3. The number of carbonyl (C=O) groups is 2. The standard InChI is InChI=1S/C30H23F2N3O5/c1-17-3-7-20(8-4-17)30-34-28(35-40-30)22-10-6-19(13-24(22)32)14-27(38-16-36)33-29(37)26-12-11-25(39-26)21-9-5-18(2)23(31)15-21/h3-13,15-16,27H,14H2,1-2H3,(H,33,37). The predicted octanol–water partition coefficient (Wildman–Crippen LogP) is 6.03. The number of amides is 1. The van der Waals surface area contributed by atoms with Crippen molar-refractivity contribution in [2.24, 2.45) is 0 Å². The number of halogens is 2. The molecule has 0 saturated heterocycles. The molecule has 0 aliphatic heterocycles. The highest BCUT2D eigenvalue weighted by Crippen LogP contribution is 2.26. The Hall–Kier alpha value is -5.12. The molecule has 8 nitrogen and oxygen atoms in total. The summed E-state index contributed by atoms with van der Waals surface area (Å²) in [5.74, 6) is -1.13. The van der Waals surface area contributed by atoms with Crippen LogP contribution in [0.2, 0.25) is 0 Å². The summed E-state index contributed by atoms with van der Waals surface area (Å²) in [4.78, 5) is 28.1.